The third-order valence-electron chi connectivity index (χ3n) is 3.62. The predicted molar refractivity (Wildman–Crippen MR) is 103 cm³/mol. The Kier molecular flexibility index (Phi) is 5.95. The monoisotopic (exact) mass is 322 g/mol. The summed E-state index contributed by atoms with van der Waals surface area (Å²) in [6.07, 6.45) is 0.648. The molecule has 0 aliphatic rings. The van der Waals surface area contributed by atoms with Crippen LogP contribution >= 0.6 is 0 Å². The lowest BCUT2D eigenvalue weighted by atomic mass is 10.1. The van der Waals surface area contributed by atoms with Crippen molar-refractivity contribution in [3.05, 3.63) is 102 Å². The zero-order valence-electron chi connectivity index (χ0n) is 13.9. The third-order valence-corrected chi connectivity index (χ3v) is 3.62. The number of rotatable bonds is 4. The topological polar surface area (TPSA) is 24.7 Å². The van der Waals surface area contributed by atoms with Crippen molar-refractivity contribution in [1.29, 1.82) is 0 Å². The van der Waals surface area contributed by atoms with Crippen molar-refractivity contribution in [3.8, 4) is 11.8 Å². The molecule has 3 aromatic carbocycles. The quantitative estimate of drug-likeness (QED) is 0.461. The Balaban J connectivity index is 1.68. The van der Waals surface area contributed by atoms with E-state index >= 15 is 0 Å². The Bertz CT molecular complexity index is 926. The lowest BCUT2D eigenvalue weighted by Gasteiger charge is -1.99. The SMILES string of the molecule is C(=NCc1ccccc1)=Nc1ccccc1CC#Cc1ccccc1. The average molecular weight is 322 g/mol. The van der Waals surface area contributed by atoms with Gasteiger partial charge in [-0.1, -0.05) is 78.6 Å². The molecule has 0 saturated heterocycles. The van der Waals surface area contributed by atoms with Crippen LogP contribution in [0.25, 0.3) is 0 Å². The molecule has 0 heterocycles. The molecule has 0 atom stereocenters. The Morgan fingerprint density at radius 2 is 1.40 bits per heavy atom. The summed E-state index contributed by atoms with van der Waals surface area (Å²) in [6, 6.07) is 30.8. The van der Waals surface area contributed by atoms with Gasteiger partial charge in [0, 0.05) is 12.0 Å². The van der Waals surface area contributed by atoms with E-state index in [-0.39, 0.29) is 0 Å². The molecular weight excluding hydrogens is 304 g/mol. The maximum absolute atomic E-state index is 4.36. The molecule has 0 aliphatic heterocycles. The molecule has 0 bridgehead atoms. The first-order valence-corrected chi connectivity index (χ1v) is 8.20. The van der Waals surface area contributed by atoms with E-state index in [2.05, 4.69) is 27.8 Å². The van der Waals surface area contributed by atoms with Crippen molar-refractivity contribution in [2.24, 2.45) is 9.98 Å². The zero-order chi connectivity index (χ0) is 17.2. The minimum atomic E-state index is 0.584. The largest absolute Gasteiger partial charge is 0.221 e. The van der Waals surface area contributed by atoms with E-state index in [0.717, 1.165) is 22.4 Å². The summed E-state index contributed by atoms with van der Waals surface area (Å²) in [7, 11) is 0. The van der Waals surface area contributed by atoms with Gasteiger partial charge in [-0.25, -0.2) is 4.99 Å². The normalized spacial score (nSPS) is 9.44. The zero-order valence-corrected chi connectivity index (χ0v) is 13.9. The van der Waals surface area contributed by atoms with Gasteiger partial charge in [0.1, 0.15) is 0 Å². The predicted octanol–water partition coefficient (Wildman–Crippen LogP) is 5.29. The van der Waals surface area contributed by atoms with Gasteiger partial charge < -0.3 is 0 Å². The van der Waals surface area contributed by atoms with Crippen molar-refractivity contribution in [1.82, 2.24) is 0 Å². The molecule has 0 saturated carbocycles. The van der Waals surface area contributed by atoms with Gasteiger partial charge in [0.2, 0.25) is 0 Å². The molecule has 0 radical (unpaired) electrons. The smallest absolute Gasteiger partial charge is 0.0952 e. The van der Waals surface area contributed by atoms with Crippen LogP contribution in [-0.4, -0.2) is 6.01 Å². The first-order valence-electron chi connectivity index (χ1n) is 8.20. The molecule has 25 heavy (non-hydrogen) atoms. The highest BCUT2D eigenvalue weighted by molar-refractivity contribution is 5.57. The molecule has 0 aromatic heterocycles. The van der Waals surface area contributed by atoms with Crippen molar-refractivity contribution >= 4 is 11.7 Å². The summed E-state index contributed by atoms with van der Waals surface area (Å²) < 4.78 is 0. The minimum absolute atomic E-state index is 0.584. The lowest BCUT2D eigenvalue weighted by Crippen LogP contribution is -1.83. The van der Waals surface area contributed by atoms with E-state index in [1.165, 1.54) is 0 Å². The van der Waals surface area contributed by atoms with E-state index in [9.17, 15) is 0 Å². The first-order chi connectivity index (χ1) is 12.4. The van der Waals surface area contributed by atoms with Gasteiger partial charge in [-0.3, -0.25) is 0 Å². The number of hydrogen-bond donors (Lipinski definition) is 0. The fraction of sp³-hybridized carbons (Fsp3) is 0.0870. The van der Waals surface area contributed by atoms with Crippen LogP contribution in [0.4, 0.5) is 5.69 Å². The number of para-hydroxylation sites is 1. The average Bonchev–Trinajstić information content (AvgIpc) is 2.68. The second-order valence-corrected chi connectivity index (χ2v) is 5.49. The summed E-state index contributed by atoms with van der Waals surface area (Å²) >= 11 is 0. The van der Waals surface area contributed by atoms with Crippen LogP contribution in [0.2, 0.25) is 0 Å². The molecule has 0 unspecified atom stereocenters. The maximum Gasteiger partial charge on any atom is 0.0952 e. The molecule has 0 aliphatic carbocycles. The third kappa shape index (κ3) is 5.32. The van der Waals surface area contributed by atoms with Gasteiger partial charge in [-0.2, -0.15) is 4.99 Å². The Labute approximate surface area is 148 Å². The molecule has 2 nitrogen and oxygen atoms in total. The minimum Gasteiger partial charge on any atom is -0.221 e. The van der Waals surface area contributed by atoms with E-state index in [4.69, 9.17) is 0 Å². The van der Waals surface area contributed by atoms with Gasteiger partial charge in [0.15, 0.2) is 0 Å². The van der Waals surface area contributed by atoms with E-state index in [0.29, 0.717) is 13.0 Å². The number of benzene rings is 3. The summed E-state index contributed by atoms with van der Waals surface area (Å²) in [5.74, 6) is 6.38. The van der Waals surface area contributed by atoms with Crippen LogP contribution in [0.15, 0.2) is 94.9 Å². The van der Waals surface area contributed by atoms with Crippen molar-refractivity contribution < 1.29 is 0 Å². The van der Waals surface area contributed by atoms with Crippen molar-refractivity contribution in [2.45, 2.75) is 13.0 Å². The number of hydrogen-bond acceptors (Lipinski definition) is 2. The van der Waals surface area contributed by atoms with Crippen LogP contribution in [-0.2, 0) is 13.0 Å². The van der Waals surface area contributed by atoms with E-state index in [1.807, 2.05) is 84.9 Å². The van der Waals surface area contributed by atoms with Crippen molar-refractivity contribution in [2.75, 3.05) is 0 Å². The molecule has 0 N–H and O–H groups in total. The highest BCUT2D eigenvalue weighted by Crippen LogP contribution is 2.18. The Morgan fingerprint density at radius 3 is 2.20 bits per heavy atom. The number of aliphatic imine (C=N–C) groups is 2. The second-order valence-electron chi connectivity index (χ2n) is 5.49. The summed E-state index contributed by atoms with van der Waals surface area (Å²) in [6.45, 7) is 0.584. The molecule has 3 rings (SSSR count). The molecule has 0 amide bonds. The van der Waals surface area contributed by atoms with E-state index in [1.54, 1.807) is 0 Å². The molecule has 0 spiro atoms. The van der Waals surface area contributed by atoms with Crippen LogP contribution in [0, 0.1) is 11.8 Å². The van der Waals surface area contributed by atoms with Crippen LogP contribution in [0.5, 0.6) is 0 Å². The summed E-state index contributed by atoms with van der Waals surface area (Å²) in [5.41, 5.74) is 4.11. The van der Waals surface area contributed by atoms with Gasteiger partial charge in [-0.05, 0) is 29.3 Å². The van der Waals surface area contributed by atoms with Crippen molar-refractivity contribution in [3.63, 3.8) is 0 Å². The van der Waals surface area contributed by atoms with Gasteiger partial charge in [0.05, 0.1) is 18.2 Å². The van der Waals surface area contributed by atoms with Gasteiger partial charge >= 0.3 is 0 Å². The lowest BCUT2D eigenvalue weighted by molar-refractivity contribution is 1.08. The molecule has 2 heteroatoms. The molecular formula is C23H18N2. The first kappa shape index (κ1) is 16.5. The summed E-state index contributed by atoms with van der Waals surface area (Å²) in [4.78, 5) is 8.62. The van der Waals surface area contributed by atoms with Crippen LogP contribution in [0.3, 0.4) is 0 Å². The Morgan fingerprint density at radius 1 is 0.720 bits per heavy atom. The highest BCUT2D eigenvalue weighted by atomic mass is 14.8. The highest BCUT2D eigenvalue weighted by Gasteiger charge is 1.97. The van der Waals surface area contributed by atoms with E-state index < -0.39 is 0 Å². The van der Waals surface area contributed by atoms with Gasteiger partial charge in [0.25, 0.3) is 0 Å². The number of nitrogens with zero attached hydrogens (tertiary/aromatic N) is 2. The fourth-order valence-electron chi connectivity index (χ4n) is 2.33. The Hall–Kier alpha value is -3.40. The second kappa shape index (κ2) is 9.03. The van der Waals surface area contributed by atoms with Gasteiger partial charge in [-0.15, -0.1) is 0 Å². The molecule has 3 aromatic rings. The van der Waals surface area contributed by atoms with Crippen LogP contribution in [0.1, 0.15) is 16.7 Å². The standard InChI is InChI=1S/C23H18N2/c1-3-10-20(11-4-1)14-9-16-22-15-7-8-17-23(22)25-19-24-18-21-12-5-2-6-13-21/h1-8,10-13,15,17H,16,18H2. The van der Waals surface area contributed by atoms with Crippen LogP contribution < -0.4 is 0 Å². The molecule has 120 valence electrons. The summed E-state index contributed by atoms with van der Waals surface area (Å²) in [5, 5.41) is 0. The molecule has 0 fully saturated rings. The fourth-order valence-corrected chi connectivity index (χ4v) is 2.33. The maximum atomic E-state index is 4.36.